The summed E-state index contributed by atoms with van der Waals surface area (Å²) >= 11 is 5.59. The van der Waals surface area contributed by atoms with E-state index in [2.05, 4.69) is 30.4 Å². The smallest absolute Gasteiger partial charge is 0.0404 e. The number of halogens is 1. The number of alkyl halides is 1. The number of hydrogen-bond donors (Lipinski definition) is 0. The van der Waals surface area contributed by atoms with Crippen molar-refractivity contribution in [2.45, 2.75) is 5.92 Å². The van der Waals surface area contributed by atoms with Gasteiger partial charge in [-0.1, -0.05) is 42.5 Å². The minimum atomic E-state index is 0.370. The van der Waals surface area contributed by atoms with E-state index in [9.17, 15) is 0 Å². The molecule has 0 aromatic heterocycles. The van der Waals surface area contributed by atoms with Crippen LogP contribution in [0, 0.1) is 6.07 Å². The molecule has 0 saturated carbocycles. The lowest BCUT2D eigenvalue weighted by molar-refractivity contribution is 1.10. The average Bonchev–Trinajstić information content (AvgIpc) is 2.58. The standard InChI is InChI=1S/C12H10Cl/c13-9-3-5-11-8-7-10-4-1-2-6-12(10)11/h1-5,7-8,11H,9H2/b5-3+. The van der Waals surface area contributed by atoms with Gasteiger partial charge >= 0.3 is 0 Å². The molecule has 0 bridgehead atoms. The minimum Gasteiger partial charge on any atom is -0.122 e. The Labute approximate surface area is 83.5 Å². The van der Waals surface area contributed by atoms with Gasteiger partial charge in [0.25, 0.3) is 0 Å². The maximum absolute atomic E-state index is 5.59. The Morgan fingerprint density at radius 3 is 3.31 bits per heavy atom. The van der Waals surface area contributed by atoms with Crippen LogP contribution in [0.1, 0.15) is 17.0 Å². The van der Waals surface area contributed by atoms with Crippen LogP contribution in [0.2, 0.25) is 0 Å². The van der Waals surface area contributed by atoms with Crippen molar-refractivity contribution in [2.75, 3.05) is 5.88 Å². The summed E-state index contributed by atoms with van der Waals surface area (Å²) in [5.41, 5.74) is 2.52. The predicted molar refractivity (Wildman–Crippen MR) is 56.9 cm³/mol. The molecule has 1 heteroatoms. The lowest BCUT2D eigenvalue weighted by atomic mass is 10.0. The zero-order chi connectivity index (χ0) is 9.10. The summed E-state index contributed by atoms with van der Waals surface area (Å²) in [7, 11) is 0. The molecule has 0 aliphatic heterocycles. The van der Waals surface area contributed by atoms with Crippen molar-refractivity contribution in [3.8, 4) is 0 Å². The minimum absolute atomic E-state index is 0.370. The molecule has 0 N–H and O–H groups in total. The van der Waals surface area contributed by atoms with Crippen molar-refractivity contribution in [3.63, 3.8) is 0 Å². The number of hydrogen-bond acceptors (Lipinski definition) is 0. The van der Waals surface area contributed by atoms with E-state index < -0.39 is 0 Å². The van der Waals surface area contributed by atoms with Crippen LogP contribution in [0.5, 0.6) is 0 Å². The highest BCUT2D eigenvalue weighted by Gasteiger charge is 2.12. The van der Waals surface area contributed by atoms with E-state index in [-0.39, 0.29) is 0 Å². The van der Waals surface area contributed by atoms with Crippen LogP contribution in [-0.4, -0.2) is 5.88 Å². The van der Waals surface area contributed by atoms with Crippen molar-refractivity contribution >= 4 is 17.7 Å². The summed E-state index contributed by atoms with van der Waals surface area (Å²) in [6.07, 6.45) is 8.40. The van der Waals surface area contributed by atoms with Gasteiger partial charge in [-0.2, -0.15) is 0 Å². The normalized spacial score (nSPS) is 19.6. The molecule has 2 rings (SSSR count). The zero-order valence-electron chi connectivity index (χ0n) is 7.20. The highest BCUT2D eigenvalue weighted by Crippen LogP contribution is 2.30. The van der Waals surface area contributed by atoms with Crippen molar-refractivity contribution in [3.05, 3.63) is 53.6 Å². The molecule has 65 valence electrons. The van der Waals surface area contributed by atoms with E-state index in [0.717, 1.165) is 0 Å². The van der Waals surface area contributed by atoms with Gasteiger partial charge in [0.2, 0.25) is 0 Å². The first kappa shape index (κ1) is 8.58. The van der Waals surface area contributed by atoms with E-state index in [1.807, 2.05) is 18.2 Å². The molecule has 0 fully saturated rings. The van der Waals surface area contributed by atoms with Crippen molar-refractivity contribution in [1.82, 2.24) is 0 Å². The van der Waals surface area contributed by atoms with Crippen LogP contribution in [0.25, 0.3) is 6.08 Å². The van der Waals surface area contributed by atoms with E-state index in [0.29, 0.717) is 11.8 Å². The molecular weight excluding hydrogens is 180 g/mol. The third-order valence-corrected chi connectivity index (χ3v) is 2.35. The number of rotatable bonds is 2. The van der Waals surface area contributed by atoms with Gasteiger partial charge in [-0.15, -0.1) is 11.6 Å². The Morgan fingerprint density at radius 1 is 1.54 bits per heavy atom. The van der Waals surface area contributed by atoms with Crippen LogP contribution in [0.4, 0.5) is 0 Å². The topological polar surface area (TPSA) is 0 Å². The maximum atomic E-state index is 5.59. The first-order chi connectivity index (χ1) is 6.42. The molecule has 0 nitrogen and oxygen atoms in total. The summed E-state index contributed by atoms with van der Waals surface area (Å²) < 4.78 is 0. The number of allylic oxidation sites excluding steroid dienone is 3. The van der Waals surface area contributed by atoms with Gasteiger partial charge in [0.15, 0.2) is 0 Å². The average molecular weight is 190 g/mol. The van der Waals surface area contributed by atoms with Crippen LogP contribution in [0.3, 0.4) is 0 Å². The van der Waals surface area contributed by atoms with E-state index in [1.54, 1.807) is 0 Å². The van der Waals surface area contributed by atoms with E-state index in [4.69, 9.17) is 11.6 Å². The Bertz CT molecular complexity index is 350. The van der Waals surface area contributed by atoms with Crippen molar-refractivity contribution < 1.29 is 0 Å². The maximum Gasteiger partial charge on any atom is 0.0404 e. The van der Waals surface area contributed by atoms with Gasteiger partial charge in [-0.25, -0.2) is 0 Å². The van der Waals surface area contributed by atoms with Gasteiger partial charge in [0, 0.05) is 11.8 Å². The Balaban J connectivity index is 2.28. The lowest BCUT2D eigenvalue weighted by Crippen LogP contribution is -1.88. The Kier molecular flexibility index (Phi) is 2.51. The molecule has 1 aromatic carbocycles. The first-order valence-electron chi connectivity index (χ1n) is 4.33. The van der Waals surface area contributed by atoms with Crippen LogP contribution < -0.4 is 0 Å². The van der Waals surface area contributed by atoms with Gasteiger partial charge in [0.1, 0.15) is 0 Å². The third kappa shape index (κ3) is 1.68. The van der Waals surface area contributed by atoms with Crippen LogP contribution in [-0.2, 0) is 0 Å². The highest BCUT2D eigenvalue weighted by atomic mass is 35.5. The van der Waals surface area contributed by atoms with Crippen LogP contribution in [0.15, 0.2) is 36.4 Å². The van der Waals surface area contributed by atoms with Crippen molar-refractivity contribution in [2.24, 2.45) is 0 Å². The molecule has 0 amide bonds. The molecule has 13 heavy (non-hydrogen) atoms. The second-order valence-electron chi connectivity index (χ2n) is 3.01. The molecule has 1 unspecified atom stereocenters. The third-order valence-electron chi connectivity index (χ3n) is 2.17. The second kappa shape index (κ2) is 3.80. The molecule has 1 aliphatic carbocycles. The molecule has 0 spiro atoms. The summed E-state index contributed by atoms with van der Waals surface area (Å²) in [5, 5.41) is 0. The van der Waals surface area contributed by atoms with Crippen molar-refractivity contribution in [1.29, 1.82) is 0 Å². The quantitative estimate of drug-likeness (QED) is 0.494. The van der Waals surface area contributed by atoms with Gasteiger partial charge in [-0.05, 0) is 17.2 Å². The number of fused-ring (bicyclic) bond motifs is 1. The zero-order valence-corrected chi connectivity index (χ0v) is 7.96. The fourth-order valence-electron chi connectivity index (χ4n) is 1.56. The van der Waals surface area contributed by atoms with E-state index >= 15 is 0 Å². The largest absolute Gasteiger partial charge is 0.122 e. The molecule has 1 atom stereocenters. The molecule has 1 aliphatic rings. The summed E-state index contributed by atoms with van der Waals surface area (Å²) in [6.45, 7) is 0. The summed E-state index contributed by atoms with van der Waals surface area (Å²) in [6, 6.07) is 9.32. The molecule has 1 aromatic rings. The monoisotopic (exact) mass is 189 g/mol. The first-order valence-corrected chi connectivity index (χ1v) is 4.86. The van der Waals surface area contributed by atoms with Gasteiger partial charge in [0.05, 0.1) is 0 Å². The van der Waals surface area contributed by atoms with Crippen LogP contribution >= 0.6 is 11.6 Å². The Morgan fingerprint density at radius 2 is 2.46 bits per heavy atom. The van der Waals surface area contributed by atoms with Gasteiger partial charge < -0.3 is 0 Å². The fourth-order valence-corrected chi connectivity index (χ4v) is 1.66. The SMILES string of the molecule is ClC/C=C/C1C=Cc2ccc[c]c21. The molecule has 1 radical (unpaired) electrons. The second-order valence-corrected chi connectivity index (χ2v) is 3.32. The predicted octanol–water partition coefficient (Wildman–Crippen LogP) is 3.39. The summed E-state index contributed by atoms with van der Waals surface area (Å²) in [4.78, 5) is 0. The van der Waals surface area contributed by atoms with E-state index in [1.165, 1.54) is 11.1 Å². The summed E-state index contributed by atoms with van der Waals surface area (Å²) in [5.74, 6) is 0.946. The van der Waals surface area contributed by atoms with Gasteiger partial charge in [-0.3, -0.25) is 0 Å². The Hall–Kier alpha value is -1.01. The number of benzene rings is 1. The fraction of sp³-hybridized carbons (Fsp3) is 0.167. The molecule has 0 heterocycles. The lowest BCUT2D eigenvalue weighted by Gasteiger charge is -2.03. The molecule has 0 saturated heterocycles. The molecular formula is C12H10Cl. The highest BCUT2D eigenvalue weighted by molar-refractivity contribution is 6.18.